The van der Waals surface area contributed by atoms with Crippen molar-refractivity contribution in [1.82, 2.24) is 0 Å². The van der Waals surface area contributed by atoms with Crippen molar-refractivity contribution in [2.45, 2.75) is 39.5 Å². The SMILES string of the molecule is CCCCCC.[Pt]. The Balaban J connectivity index is 0. The largest absolute Gasteiger partial charge is 0.0654 e. The van der Waals surface area contributed by atoms with Gasteiger partial charge in [-0.25, -0.2) is 0 Å². The molecule has 0 aliphatic rings. The van der Waals surface area contributed by atoms with Gasteiger partial charge in [0.2, 0.25) is 0 Å². The molecule has 0 aromatic heterocycles. The molecule has 0 saturated heterocycles. The summed E-state index contributed by atoms with van der Waals surface area (Å²) in [5.41, 5.74) is 0. The Hall–Kier alpha value is 0.688. The Morgan fingerprint density at radius 1 is 0.857 bits per heavy atom. The standard InChI is InChI=1S/C6H14.Pt/c1-3-5-6-4-2;/h3-6H2,1-2H3;. The minimum atomic E-state index is 0. The predicted octanol–water partition coefficient (Wildman–Crippen LogP) is 2.58. The van der Waals surface area contributed by atoms with Crippen LogP contribution in [0.5, 0.6) is 0 Å². The Labute approximate surface area is 61.0 Å². The number of hydrogen-bond acceptors (Lipinski definition) is 0. The van der Waals surface area contributed by atoms with Gasteiger partial charge in [-0.15, -0.1) is 0 Å². The minimum Gasteiger partial charge on any atom is -0.0654 e. The van der Waals surface area contributed by atoms with Crippen LogP contribution in [0, 0.1) is 0 Å². The molecule has 0 fully saturated rings. The van der Waals surface area contributed by atoms with Crippen molar-refractivity contribution >= 4 is 0 Å². The van der Waals surface area contributed by atoms with Gasteiger partial charge in [-0.05, 0) is 0 Å². The van der Waals surface area contributed by atoms with Gasteiger partial charge in [-0.3, -0.25) is 0 Å². The van der Waals surface area contributed by atoms with Gasteiger partial charge in [-0.1, -0.05) is 39.5 Å². The molecule has 0 aliphatic carbocycles. The van der Waals surface area contributed by atoms with Crippen LogP contribution in [0.4, 0.5) is 0 Å². The number of rotatable bonds is 3. The van der Waals surface area contributed by atoms with Crippen molar-refractivity contribution in [2.75, 3.05) is 0 Å². The molecular formula is C6H14Pt. The summed E-state index contributed by atoms with van der Waals surface area (Å²) in [6.07, 6.45) is 5.54. The fraction of sp³-hybridized carbons (Fsp3) is 1.00. The molecule has 0 nitrogen and oxygen atoms in total. The van der Waals surface area contributed by atoms with Crippen molar-refractivity contribution in [2.24, 2.45) is 0 Å². The molecule has 0 saturated carbocycles. The molecule has 0 aromatic carbocycles. The molecule has 7 heavy (non-hydrogen) atoms. The van der Waals surface area contributed by atoms with E-state index in [0.717, 1.165) is 0 Å². The van der Waals surface area contributed by atoms with Crippen LogP contribution in [0.3, 0.4) is 0 Å². The molecule has 48 valence electrons. The predicted molar refractivity (Wildman–Crippen MR) is 29.8 cm³/mol. The van der Waals surface area contributed by atoms with E-state index in [1.165, 1.54) is 25.7 Å². The molecule has 0 aliphatic heterocycles. The molecule has 0 rings (SSSR count). The summed E-state index contributed by atoms with van der Waals surface area (Å²) in [4.78, 5) is 0. The van der Waals surface area contributed by atoms with Crippen molar-refractivity contribution in [3.63, 3.8) is 0 Å². The molecule has 0 bridgehead atoms. The second-order valence-corrected chi connectivity index (χ2v) is 1.71. The van der Waals surface area contributed by atoms with Gasteiger partial charge in [0.25, 0.3) is 0 Å². The third kappa shape index (κ3) is 10.8. The summed E-state index contributed by atoms with van der Waals surface area (Å²) in [5, 5.41) is 0. The van der Waals surface area contributed by atoms with Crippen LogP contribution in [0.25, 0.3) is 0 Å². The van der Waals surface area contributed by atoms with Crippen LogP contribution < -0.4 is 0 Å². The fourth-order valence-electron chi connectivity index (χ4n) is 0.500. The number of unbranched alkanes of at least 4 members (excludes halogenated alkanes) is 3. The van der Waals surface area contributed by atoms with Crippen LogP contribution in [0.15, 0.2) is 0 Å². The monoisotopic (exact) mass is 281 g/mol. The van der Waals surface area contributed by atoms with Crippen LogP contribution in [-0.4, -0.2) is 0 Å². The summed E-state index contributed by atoms with van der Waals surface area (Å²) in [5.74, 6) is 0. The molecular weight excluding hydrogens is 267 g/mol. The number of hydrogen-bond donors (Lipinski definition) is 0. The first kappa shape index (κ1) is 10.6. The molecule has 0 spiro atoms. The first-order valence-electron chi connectivity index (χ1n) is 2.91. The zero-order valence-electron chi connectivity index (χ0n) is 5.14. The van der Waals surface area contributed by atoms with E-state index in [9.17, 15) is 0 Å². The molecule has 0 unspecified atom stereocenters. The van der Waals surface area contributed by atoms with Gasteiger partial charge < -0.3 is 0 Å². The zero-order valence-corrected chi connectivity index (χ0v) is 7.42. The van der Waals surface area contributed by atoms with Crippen molar-refractivity contribution in [1.29, 1.82) is 0 Å². The van der Waals surface area contributed by atoms with E-state index in [4.69, 9.17) is 0 Å². The van der Waals surface area contributed by atoms with Gasteiger partial charge >= 0.3 is 0 Å². The van der Waals surface area contributed by atoms with Crippen LogP contribution in [0.1, 0.15) is 39.5 Å². The van der Waals surface area contributed by atoms with E-state index in [2.05, 4.69) is 13.8 Å². The van der Waals surface area contributed by atoms with Crippen LogP contribution >= 0.6 is 0 Å². The van der Waals surface area contributed by atoms with Crippen molar-refractivity contribution < 1.29 is 21.1 Å². The Kier molecular flexibility index (Phi) is 15.0. The summed E-state index contributed by atoms with van der Waals surface area (Å²) >= 11 is 0. The van der Waals surface area contributed by atoms with Gasteiger partial charge in [-0.2, -0.15) is 0 Å². The molecule has 0 amide bonds. The minimum absolute atomic E-state index is 0. The average Bonchev–Trinajstić information content (AvgIpc) is 1.61. The summed E-state index contributed by atoms with van der Waals surface area (Å²) < 4.78 is 0. The van der Waals surface area contributed by atoms with Crippen LogP contribution in [0.2, 0.25) is 0 Å². The maximum Gasteiger partial charge on any atom is 0 e. The average molecular weight is 281 g/mol. The Morgan fingerprint density at radius 3 is 1.29 bits per heavy atom. The van der Waals surface area contributed by atoms with E-state index in [-0.39, 0.29) is 21.1 Å². The molecule has 0 atom stereocenters. The smallest absolute Gasteiger partial charge is 0 e. The summed E-state index contributed by atoms with van der Waals surface area (Å²) in [7, 11) is 0. The topological polar surface area (TPSA) is 0 Å². The van der Waals surface area contributed by atoms with E-state index in [1.54, 1.807) is 0 Å². The second-order valence-electron chi connectivity index (χ2n) is 1.71. The first-order chi connectivity index (χ1) is 2.91. The zero-order chi connectivity index (χ0) is 4.83. The van der Waals surface area contributed by atoms with Gasteiger partial charge in [0.05, 0.1) is 0 Å². The third-order valence-corrected chi connectivity index (χ3v) is 0.957. The molecule has 0 aromatic rings. The molecule has 0 heterocycles. The fourth-order valence-corrected chi connectivity index (χ4v) is 0.500. The third-order valence-electron chi connectivity index (χ3n) is 0.957. The quantitative estimate of drug-likeness (QED) is 0.698. The van der Waals surface area contributed by atoms with Crippen LogP contribution in [-0.2, 0) is 21.1 Å². The van der Waals surface area contributed by atoms with E-state index in [1.807, 2.05) is 0 Å². The summed E-state index contributed by atoms with van der Waals surface area (Å²) in [6, 6.07) is 0. The Bertz CT molecular complexity index is 16.1. The second kappa shape index (κ2) is 9.85. The van der Waals surface area contributed by atoms with E-state index < -0.39 is 0 Å². The van der Waals surface area contributed by atoms with Crippen molar-refractivity contribution in [3.8, 4) is 0 Å². The van der Waals surface area contributed by atoms with E-state index in [0.29, 0.717) is 0 Å². The Morgan fingerprint density at radius 2 is 1.14 bits per heavy atom. The first-order valence-corrected chi connectivity index (χ1v) is 2.91. The van der Waals surface area contributed by atoms with Gasteiger partial charge in [0, 0.05) is 21.1 Å². The molecule has 0 N–H and O–H groups in total. The van der Waals surface area contributed by atoms with Gasteiger partial charge in [0.15, 0.2) is 0 Å². The van der Waals surface area contributed by atoms with Gasteiger partial charge in [0.1, 0.15) is 0 Å². The molecule has 1 heteroatoms. The normalized spacial score (nSPS) is 7.71. The maximum absolute atomic E-state index is 2.23. The van der Waals surface area contributed by atoms with Crippen molar-refractivity contribution in [3.05, 3.63) is 0 Å². The maximum atomic E-state index is 2.23. The molecule has 0 radical (unpaired) electrons. The summed E-state index contributed by atoms with van der Waals surface area (Å²) in [6.45, 7) is 4.46. The van der Waals surface area contributed by atoms with E-state index >= 15 is 0 Å².